The number of hydrogen-bond donors (Lipinski definition) is 5. The van der Waals surface area contributed by atoms with Crippen molar-refractivity contribution in [2.75, 3.05) is 6.61 Å². The SMILES string of the molecule is CC1(C)NC(=O)C(c2ccccc2)COC(=O)C(C)(C)NC(=O)C(C)(C)NC(=O)C(C)(C)NC(=O)C(C)(C)NC1=O. The average Bonchev–Trinajstić information content (AvgIpc) is 2.82. The molecule has 5 N–H and O–H groups in total. The molecule has 5 amide bonds. The van der Waals surface area contributed by atoms with E-state index in [2.05, 4.69) is 26.6 Å². The molecule has 1 aliphatic rings. The Bertz CT molecular complexity index is 1220. The standard InChI is InChI=1S/C29H43N5O7/c1-25(2)20(36)31-26(3,4)21(37)32-27(5,6)22(38)33-28(7,8)23(39)34-29(9,10)24(40)41-16-18(19(35)30-25)17-14-12-11-13-15-17/h11-15,18H,16H2,1-10H3,(H,30,35)(H,31,36)(H,32,37)(H,33,38)(H,34,39). The highest BCUT2D eigenvalue weighted by Crippen LogP contribution is 2.21. The van der Waals surface area contributed by atoms with Crippen LogP contribution in [0.2, 0.25) is 0 Å². The molecule has 0 radical (unpaired) electrons. The minimum absolute atomic E-state index is 0.381. The number of rotatable bonds is 1. The molecule has 1 fully saturated rings. The van der Waals surface area contributed by atoms with Crippen LogP contribution in [0.4, 0.5) is 0 Å². The molecule has 12 nitrogen and oxygen atoms in total. The average molecular weight is 574 g/mol. The van der Waals surface area contributed by atoms with Crippen molar-refractivity contribution in [3.63, 3.8) is 0 Å². The predicted molar refractivity (Wildman–Crippen MR) is 151 cm³/mol. The zero-order valence-corrected chi connectivity index (χ0v) is 25.5. The van der Waals surface area contributed by atoms with E-state index in [-0.39, 0.29) is 6.61 Å². The number of carbonyl (C=O) groups excluding carboxylic acids is 6. The van der Waals surface area contributed by atoms with Gasteiger partial charge in [-0.15, -0.1) is 0 Å². The second-order valence-electron chi connectivity index (χ2n) is 13.0. The maximum atomic E-state index is 13.5. The van der Waals surface area contributed by atoms with Crippen LogP contribution in [0, 0.1) is 0 Å². The zero-order chi connectivity index (χ0) is 31.6. The molecule has 1 heterocycles. The van der Waals surface area contributed by atoms with Crippen LogP contribution in [0.25, 0.3) is 0 Å². The van der Waals surface area contributed by atoms with E-state index in [4.69, 9.17) is 4.74 Å². The minimum atomic E-state index is -1.54. The molecular weight excluding hydrogens is 530 g/mol. The highest BCUT2D eigenvalue weighted by atomic mass is 16.5. The van der Waals surface area contributed by atoms with Gasteiger partial charge in [-0.05, 0) is 74.8 Å². The summed E-state index contributed by atoms with van der Waals surface area (Å²) in [6.07, 6.45) is 0. The van der Waals surface area contributed by atoms with E-state index in [0.717, 1.165) is 0 Å². The van der Waals surface area contributed by atoms with Gasteiger partial charge in [-0.25, -0.2) is 4.79 Å². The molecule has 1 aromatic rings. The quantitative estimate of drug-likeness (QED) is 0.309. The van der Waals surface area contributed by atoms with Gasteiger partial charge in [0.15, 0.2) is 0 Å². The van der Waals surface area contributed by atoms with Crippen molar-refractivity contribution in [2.24, 2.45) is 0 Å². The largest absolute Gasteiger partial charge is 0.463 e. The van der Waals surface area contributed by atoms with Crippen molar-refractivity contribution in [2.45, 2.75) is 103 Å². The second kappa shape index (κ2) is 11.5. The lowest BCUT2D eigenvalue weighted by atomic mass is 9.94. The van der Waals surface area contributed by atoms with E-state index in [0.29, 0.717) is 5.56 Å². The van der Waals surface area contributed by atoms with Gasteiger partial charge in [0.25, 0.3) is 0 Å². The Labute approximate surface area is 241 Å². The van der Waals surface area contributed by atoms with E-state index in [9.17, 15) is 28.8 Å². The second-order valence-corrected chi connectivity index (χ2v) is 13.0. The lowest BCUT2D eigenvalue weighted by Gasteiger charge is -2.36. The number of hydrogen-bond acceptors (Lipinski definition) is 7. The van der Waals surface area contributed by atoms with E-state index >= 15 is 0 Å². The van der Waals surface area contributed by atoms with Gasteiger partial charge in [0.1, 0.15) is 34.3 Å². The summed E-state index contributed by atoms with van der Waals surface area (Å²) in [4.78, 5) is 79.4. The summed E-state index contributed by atoms with van der Waals surface area (Å²) < 4.78 is 5.52. The Morgan fingerprint density at radius 3 is 1.27 bits per heavy atom. The Balaban J connectivity index is 2.55. The number of esters is 1. The Kier molecular flexibility index (Phi) is 9.32. The summed E-state index contributed by atoms with van der Waals surface area (Å²) in [5.74, 6) is -5.09. The van der Waals surface area contributed by atoms with Crippen LogP contribution in [0.3, 0.4) is 0 Å². The Morgan fingerprint density at radius 1 is 0.537 bits per heavy atom. The van der Waals surface area contributed by atoms with Crippen molar-refractivity contribution in [3.05, 3.63) is 35.9 Å². The third-order valence-corrected chi connectivity index (χ3v) is 6.82. The third-order valence-electron chi connectivity index (χ3n) is 6.82. The highest BCUT2D eigenvalue weighted by Gasteiger charge is 2.44. The van der Waals surface area contributed by atoms with Gasteiger partial charge in [-0.3, -0.25) is 24.0 Å². The first-order valence-corrected chi connectivity index (χ1v) is 13.4. The number of amides is 5. The normalized spacial score (nSPS) is 25.0. The first-order chi connectivity index (χ1) is 18.5. The summed E-state index contributed by atoms with van der Waals surface area (Å²) in [7, 11) is 0. The van der Waals surface area contributed by atoms with Crippen molar-refractivity contribution >= 4 is 35.5 Å². The zero-order valence-electron chi connectivity index (χ0n) is 25.5. The van der Waals surface area contributed by atoms with Crippen molar-refractivity contribution in [1.29, 1.82) is 0 Å². The van der Waals surface area contributed by atoms with Crippen LogP contribution in [0.15, 0.2) is 30.3 Å². The van der Waals surface area contributed by atoms with Crippen LogP contribution >= 0.6 is 0 Å². The lowest BCUT2D eigenvalue weighted by molar-refractivity contribution is -0.154. The summed E-state index contributed by atoms with van der Waals surface area (Å²) in [5.41, 5.74) is -6.98. The van der Waals surface area contributed by atoms with E-state index in [1.165, 1.54) is 69.2 Å². The number of carbonyl (C=O) groups is 6. The molecule has 1 saturated heterocycles. The van der Waals surface area contributed by atoms with Gasteiger partial charge >= 0.3 is 5.97 Å². The fourth-order valence-corrected chi connectivity index (χ4v) is 3.78. The van der Waals surface area contributed by atoms with Crippen LogP contribution < -0.4 is 26.6 Å². The van der Waals surface area contributed by atoms with Crippen LogP contribution in [-0.4, -0.2) is 69.8 Å². The minimum Gasteiger partial charge on any atom is -0.463 e. The summed E-state index contributed by atoms with van der Waals surface area (Å²) in [6.45, 7) is 14.2. The lowest BCUT2D eigenvalue weighted by Crippen LogP contribution is -2.68. The molecule has 0 bridgehead atoms. The van der Waals surface area contributed by atoms with Gasteiger partial charge in [0.2, 0.25) is 29.5 Å². The first kappa shape index (κ1) is 33.2. The van der Waals surface area contributed by atoms with E-state index in [1.807, 2.05) is 0 Å². The molecule has 0 spiro atoms. The van der Waals surface area contributed by atoms with Gasteiger partial charge in [-0.1, -0.05) is 30.3 Å². The number of cyclic esters (lactones) is 1. The Morgan fingerprint density at radius 2 is 0.878 bits per heavy atom. The topological polar surface area (TPSA) is 172 Å². The third kappa shape index (κ3) is 8.05. The van der Waals surface area contributed by atoms with Crippen LogP contribution in [0.5, 0.6) is 0 Å². The van der Waals surface area contributed by atoms with Gasteiger partial charge in [-0.2, -0.15) is 0 Å². The molecular formula is C29H43N5O7. The molecule has 41 heavy (non-hydrogen) atoms. The summed E-state index contributed by atoms with van der Waals surface area (Å²) in [5, 5.41) is 13.1. The fraction of sp³-hybridized carbons (Fsp3) is 0.586. The molecule has 0 saturated carbocycles. The highest BCUT2D eigenvalue weighted by molar-refractivity contribution is 6.01. The number of ether oxygens (including phenoxy) is 1. The molecule has 0 aliphatic carbocycles. The molecule has 0 aromatic heterocycles. The molecule has 226 valence electrons. The molecule has 1 atom stereocenters. The molecule has 1 aromatic carbocycles. The van der Waals surface area contributed by atoms with Crippen molar-refractivity contribution < 1.29 is 33.5 Å². The van der Waals surface area contributed by atoms with Crippen LogP contribution in [-0.2, 0) is 33.5 Å². The Hall–Kier alpha value is -3.96. The van der Waals surface area contributed by atoms with Crippen LogP contribution in [0.1, 0.15) is 80.7 Å². The maximum absolute atomic E-state index is 13.5. The molecule has 12 heteroatoms. The summed E-state index contributed by atoms with van der Waals surface area (Å²) in [6, 6.07) is 8.59. The molecule has 1 aliphatic heterocycles. The van der Waals surface area contributed by atoms with E-state index in [1.54, 1.807) is 30.3 Å². The van der Waals surface area contributed by atoms with Crippen molar-refractivity contribution in [3.8, 4) is 0 Å². The first-order valence-electron chi connectivity index (χ1n) is 13.4. The van der Waals surface area contributed by atoms with Gasteiger partial charge in [0.05, 0.1) is 5.92 Å². The monoisotopic (exact) mass is 573 g/mol. The van der Waals surface area contributed by atoms with Crippen molar-refractivity contribution in [1.82, 2.24) is 26.6 Å². The van der Waals surface area contributed by atoms with Gasteiger partial charge < -0.3 is 31.3 Å². The smallest absolute Gasteiger partial charge is 0.331 e. The van der Waals surface area contributed by atoms with E-state index < -0.39 is 69.1 Å². The molecule has 1 unspecified atom stereocenters. The fourth-order valence-electron chi connectivity index (χ4n) is 3.78. The number of benzene rings is 1. The number of nitrogens with one attached hydrogen (secondary N) is 5. The molecule has 2 rings (SSSR count). The summed E-state index contributed by atoms with van der Waals surface area (Å²) >= 11 is 0. The maximum Gasteiger partial charge on any atom is 0.331 e. The predicted octanol–water partition coefficient (Wildman–Crippen LogP) is 0.801. The van der Waals surface area contributed by atoms with Gasteiger partial charge in [0, 0.05) is 0 Å².